The lowest BCUT2D eigenvalue weighted by Crippen LogP contribution is -2.27. The molecule has 34 heavy (non-hydrogen) atoms. The molecule has 2 aromatic heterocycles. The van der Waals surface area contributed by atoms with Gasteiger partial charge in [-0.15, -0.1) is 0 Å². The molecular formula is C24H20F2N6O2. The molecule has 1 fully saturated rings. The Morgan fingerprint density at radius 1 is 1.18 bits per heavy atom. The lowest BCUT2D eigenvalue weighted by Gasteiger charge is -2.14. The van der Waals surface area contributed by atoms with Crippen LogP contribution in [0.15, 0.2) is 61.4 Å². The Hall–Kier alpha value is -4.34. The number of fused-ring (bicyclic) bond motifs is 1. The average Bonchev–Trinajstić information content (AvgIpc) is 3.45. The molecule has 2 N–H and O–H groups in total. The molecule has 0 unspecified atom stereocenters. The van der Waals surface area contributed by atoms with Crippen molar-refractivity contribution in [2.75, 3.05) is 18.8 Å². The number of likely N-dealkylation sites (tertiary alicyclic amines) is 1. The van der Waals surface area contributed by atoms with Gasteiger partial charge in [0.2, 0.25) is 5.91 Å². The first-order valence-corrected chi connectivity index (χ1v) is 10.6. The van der Waals surface area contributed by atoms with E-state index in [2.05, 4.69) is 21.6 Å². The zero-order chi connectivity index (χ0) is 23.8. The molecule has 0 saturated carbocycles. The summed E-state index contributed by atoms with van der Waals surface area (Å²) in [6.07, 6.45) is 3.26. The number of carbonyl (C=O) groups is 1. The molecule has 8 nitrogen and oxygen atoms in total. The molecule has 0 spiro atoms. The molecule has 5 rings (SSSR count). The molecular weight excluding hydrogens is 442 g/mol. The van der Waals surface area contributed by atoms with Crippen LogP contribution in [0.1, 0.15) is 12.5 Å². The maximum atomic E-state index is 15.2. The molecule has 172 valence electrons. The highest BCUT2D eigenvalue weighted by molar-refractivity contribution is 5.98. The van der Waals surface area contributed by atoms with Crippen molar-refractivity contribution in [2.45, 2.75) is 12.5 Å². The first-order chi connectivity index (χ1) is 16.4. The second-order valence-electron chi connectivity index (χ2n) is 7.88. The molecule has 1 saturated heterocycles. The normalized spacial score (nSPS) is 15.6. The summed E-state index contributed by atoms with van der Waals surface area (Å²) in [6.45, 7) is 4.51. The number of halogens is 2. The van der Waals surface area contributed by atoms with Gasteiger partial charge >= 0.3 is 0 Å². The summed E-state index contributed by atoms with van der Waals surface area (Å²) in [6, 6.07) is 9.70. The van der Waals surface area contributed by atoms with E-state index in [1.807, 2.05) is 0 Å². The van der Waals surface area contributed by atoms with E-state index in [4.69, 9.17) is 10.5 Å². The van der Waals surface area contributed by atoms with Gasteiger partial charge in [0.15, 0.2) is 5.65 Å². The Morgan fingerprint density at radius 2 is 2.00 bits per heavy atom. The Bertz CT molecular complexity index is 1420. The largest absolute Gasteiger partial charge is 0.457 e. The van der Waals surface area contributed by atoms with Gasteiger partial charge in [0, 0.05) is 30.8 Å². The van der Waals surface area contributed by atoms with Crippen molar-refractivity contribution < 1.29 is 18.3 Å². The molecule has 4 aromatic rings. The van der Waals surface area contributed by atoms with E-state index in [0.29, 0.717) is 30.5 Å². The second kappa shape index (κ2) is 8.54. The number of carbonyl (C=O) groups excluding carboxylic acids is 1. The van der Waals surface area contributed by atoms with E-state index in [-0.39, 0.29) is 40.5 Å². The first kappa shape index (κ1) is 21.5. The van der Waals surface area contributed by atoms with Gasteiger partial charge in [0.05, 0.1) is 11.4 Å². The van der Waals surface area contributed by atoms with E-state index in [1.165, 1.54) is 42.7 Å². The molecule has 0 radical (unpaired) electrons. The highest BCUT2D eigenvalue weighted by Gasteiger charge is 2.30. The summed E-state index contributed by atoms with van der Waals surface area (Å²) >= 11 is 0. The average molecular weight is 462 g/mol. The van der Waals surface area contributed by atoms with E-state index in [1.54, 1.807) is 21.7 Å². The number of hydrogen-bond donors (Lipinski definition) is 1. The summed E-state index contributed by atoms with van der Waals surface area (Å²) in [7, 11) is 0. The standard InChI is InChI=1S/C24H20F2N6O2/c1-2-20(33)31-9-8-15(12-31)32-24-21(23(27)28-13-29-24)22(30-32)18-7-6-17(11-19(18)26)34-16-5-3-4-14(25)10-16/h2-7,10-11,13,15H,1,8-9,12H2,(H2,27,28,29)/t15-/m1/s1. The Labute approximate surface area is 193 Å². The third kappa shape index (κ3) is 3.83. The number of nitrogens with zero attached hydrogens (tertiary/aromatic N) is 5. The van der Waals surface area contributed by atoms with Crippen LogP contribution in [-0.2, 0) is 4.79 Å². The predicted molar refractivity (Wildman–Crippen MR) is 122 cm³/mol. The maximum Gasteiger partial charge on any atom is 0.246 e. The highest BCUT2D eigenvalue weighted by atomic mass is 19.1. The monoisotopic (exact) mass is 462 g/mol. The lowest BCUT2D eigenvalue weighted by atomic mass is 10.1. The number of hydrogen-bond acceptors (Lipinski definition) is 6. The van der Waals surface area contributed by atoms with E-state index in [0.717, 1.165) is 0 Å². The van der Waals surface area contributed by atoms with Crippen molar-refractivity contribution >= 4 is 22.8 Å². The van der Waals surface area contributed by atoms with Crippen LogP contribution in [0, 0.1) is 11.6 Å². The van der Waals surface area contributed by atoms with Gasteiger partial charge in [0.1, 0.15) is 41.0 Å². The smallest absolute Gasteiger partial charge is 0.246 e. The predicted octanol–water partition coefficient (Wildman–Crippen LogP) is 4.11. The molecule has 3 heterocycles. The minimum Gasteiger partial charge on any atom is -0.457 e. The van der Waals surface area contributed by atoms with Crippen molar-refractivity contribution in [3.8, 4) is 22.8 Å². The van der Waals surface area contributed by atoms with Crippen molar-refractivity contribution in [1.82, 2.24) is 24.6 Å². The van der Waals surface area contributed by atoms with Crippen LogP contribution in [0.25, 0.3) is 22.3 Å². The number of amides is 1. The molecule has 1 aliphatic heterocycles. The summed E-state index contributed by atoms with van der Waals surface area (Å²) in [4.78, 5) is 22.1. The van der Waals surface area contributed by atoms with Gasteiger partial charge in [-0.2, -0.15) is 5.10 Å². The number of ether oxygens (including phenoxy) is 1. The fourth-order valence-electron chi connectivity index (χ4n) is 4.13. The number of nitrogen functional groups attached to an aromatic ring is 1. The first-order valence-electron chi connectivity index (χ1n) is 10.6. The fourth-order valence-corrected chi connectivity index (χ4v) is 4.13. The zero-order valence-corrected chi connectivity index (χ0v) is 18.0. The molecule has 0 bridgehead atoms. The quantitative estimate of drug-likeness (QED) is 0.448. The zero-order valence-electron chi connectivity index (χ0n) is 18.0. The third-order valence-electron chi connectivity index (χ3n) is 5.74. The van der Waals surface area contributed by atoms with E-state index < -0.39 is 11.6 Å². The molecule has 1 amide bonds. The van der Waals surface area contributed by atoms with Crippen LogP contribution in [0.4, 0.5) is 14.6 Å². The summed E-state index contributed by atoms with van der Waals surface area (Å²) in [5.41, 5.74) is 7.07. The second-order valence-corrected chi connectivity index (χ2v) is 7.88. The van der Waals surface area contributed by atoms with Crippen LogP contribution >= 0.6 is 0 Å². The van der Waals surface area contributed by atoms with Crippen LogP contribution in [0.5, 0.6) is 11.5 Å². The Balaban J connectivity index is 1.53. The number of aromatic nitrogens is 4. The minimum absolute atomic E-state index is 0.159. The Kier molecular flexibility index (Phi) is 5.40. The summed E-state index contributed by atoms with van der Waals surface area (Å²) in [5, 5.41) is 5.07. The topological polar surface area (TPSA) is 99.2 Å². The van der Waals surface area contributed by atoms with Crippen molar-refractivity contribution in [2.24, 2.45) is 0 Å². The van der Waals surface area contributed by atoms with Gasteiger partial charge in [-0.25, -0.2) is 23.4 Å². The molecule has 0 aliphatic carbocycles. The van der Waals surface area contributed by atoms with Crippen LogP contribution in [-0.4, -0.2) is 43.6 Å². The molecule has 1 aliphatic rings. The van der Waals surface area contributed by atoms with Crippen LogP contribution < -0.4 is 10.5 Å². The van der Waals surface area contributed by atoms with Gasteiger partial charge in [-0.1, -0.05) is 12.6 Å². The minimum atomic E-state index is -0.599. The van der Waals surface area contributed by atoms with Gasteiger partial charge in [0.25, 0.3) is 0 Å². The number of nitrogens with two attached hydrogens (primary N) is 1. The van der Waals surface area contributed by atoms with Crippen molar-refractivity contribution in [3.63, 3.8) is 0 Å². The summed E-state index contributed by atoms with van der Waals surface area (Å²) < 4.78 is 35.9. The van der Waals surface area contributed by atoms with E-state index >= 15 is 4.39 Å². The van der Waals surface area contributed by atoms with Crippen molar-refractivity contribution in [1.29, 1.82) is 0 Å². The van der Waals surface area contributed by atoms with E-state index in [9.17, 15) is 9.18 Å². The third-order valence-corrected chi connectivity index (χ3v) is 5.74. The van der Waals surface area contributed by atoms with Crippen LogP contribution in [0.2, 0.25) is 0 Å². The number of benzene rings is 2. The summed E-state index contributed by atoms with van der Waals surface area (Å²) in [5.74, 6) is -0.592. The molecule has 10 heteroatoms. The lowest BCUT2D eigenvalue weighted by molar-refractivity contribution is -0.125. The van der Waals surface area contributed by atoms with Crippen LogP contribution in [0.3, 0.4) is 0 Å². The molecule has 1 atom stereocenters. The van der Waals surface area contributed by atoms with Gasteiger partial charge in [-0.3, -0.25) is 4.79 Å². The SMILES string of the molecule is C=CC(=O)N1CC[C@@H](n2nc(-c3ccc(Oc4cccc(F)c4)cc3F)c3c(N)ncnc32)C1. The van der Waals surface area contributed by atoms with Gasteiger partial charge in [-0.05, 0) is 36.8 Å². The van der Waals surface area contributed by atoms with Crippen molar-refractivity contribution in [3.05, 3.63) is 73.1 Å². The molecule has 2 aromatic carbocycles. The number of rotatable bonds is 5. The van der Waals surface area contributed by atoms with Gasteiger partial charge < -0.3 is 15.4 Å². The number of anilines is 1. The maximum absolute atomic E-state index is 15.2. The highest BCUT2D eigenvalue weighted by Crippen LogP contribution is 2.36. The Morgan fingerprint density at radius 3 is 2.76 bits per heavy atom. The fraction of sp³-hybridized carbons (Fsp3) is 0.167.